The number of aromatic nitrogens is 1. The van der Waals surface area contributed by atoms with Crippen molar-refractivity contribution in [2.24, 2.45) is 5.92 Å². The normalized spacial score (nSPS) is 12.0. The largest absolute Gasteiger partial charge is 0.357 e. The zero-order chi connectivity index (χ0) is 17.7. The van der Waals surface area contributed by atoms with Crippen molar-refractivity contribution in [3.63, 3.8) is 0 Å². The number of aryl methyl sites for hydroxylation is 1. The average molecular weight is 345 g/mol. The van der Waals surface area contributed by atoms with Crippen molar-refractivity contribution in [2.45, 2.75) is 33.2 Å². The third-order valence-electron chi connectivity index (χ3n) is 3.60. The molecule has 1 aromatic heterocycles. The number of benzene rings is 1. The molecule has 0 bridgehead atoms. The van der Waals surface area contributed by atoms with Crippen LogP contribution in [-0.2, 0) is 4.79 Å². The molecule has 0 saturated carbocycles. The molecule has 0 aliphatic heterocycles. The van der Waals surface area contributed by atoms with Crippen LogP contribution in [-0.4, -0.2) is 29.9 Å². The minimum Gasteiger partial charge on any atom is -0.357 e. The molecule has 0 unspecified atom stereocenters. The van der Waals surface area contributed by atoms with Gasteiger partial charge in [-0.3, -0.25) is 9.59 Å². The van der Waals surface area contributed by atoms with Crippen molar-refractivity contribution in [2.75, 3.05) is 7.05 Å². The topological polar surface area (TPSA) is 71.1 Å². The number of amides is 2. The first-order valence-electron chi connectivity index (χ1n) is 7.97. The van der Waals surface area contributed by atoms with Crippen molar-refractivity contribution < 1.29 is 9.59 Å². The molecule has 0 spiro atoms. The van der Waals surface area contributed by atoms with Gasteiger partial charge in [-0.1, -0.05) is 44.2 Å². The van der Waals surface area contributed by atoms with Gasteiger partial charge in [0.2, 0.25) is 5.91 Å². The van der Waals surface area contributed by atoms with Gasteiger partial charge in [-0.05, 0) is 19.3 Å². The van der Waals surface area contributed by atoms with Gasteiger partial charge in [0.1, 0.15) is 15.9 Å². The summed E-state index contributed by atoms with van der Waals surface area (Å²) in [4.78, 5) is 29.6. The van der Waals surface area contributed by atoms with Crippen LogP contribution in [0.3, 0.4) is 0 Å². The van der Waals surface area contributed by atoms with Crippen LogP contribution in [0, 0.1) is 12.8 Å². The number of carbonyl (C=O) groups is 2. The Morgan fingerprint density at radius 2 is 1.88 bits per heavy atom. The van der Waals surface area contributed by atoms with E-state index in [4.69, 9.17) is 0 Å². The maximum atomic E-state index is 12.6. The zero-order valence-electron chi connectivity index (χ0n) is 14.4. The first-order chi connectivity index (χ1) is 11.4. The molecule has 2 amide bonds. The Morgan fingerprint density at radius 1 is 1.21 bits per heavy atom. The number of nitrogens with zero attached hydrogens (tertiary/aromatic N) is 1. The molecule has 1 atom stereocenters. The maximum Gasteiger partial charge on any atom is 0.263 e. The predicted octanol–water partition coefficient (Wildman–Crippen LogP) is 3.01. The van der Waals surface area contributed by atoms with E-state index in [1.54, 1.807) is 7.05 Å². The molecule has 1 heterocycles. The summed E-state index contributed by atoms with van der Waals surface area (Å²) in [5.41, 5.74) is 1.66. The Labute approximate surface area is 146 Å². The maximum absolute atomic E-state index is 12.6. The monoisotopic (exact) mass is 345 g/mol. The molecule has 6 heteroatoms. The number of thiazole rings is 1. The standard InChI is InChI=1S/C18H23N3O2S/c1-11(2)10-14(16(22)19-4)21-17(23)15-12(3)20-18(24-15)13-8-6-5-7-9-13/h5-9,11,14H,10H2,1-4H3,(H,19,22)(H,21,23)/t14-/m0/s1. The number of nitrogens with one attached hydrogen (secondary N) is 2. The molecular formula is C18H23N3O2S. The van der Waals surface area contributed by atoms with Crippen molar-refractivity contribution in [1.82, 2.24) is 15.6 Å². The van der Waals surface area contributed by atoms with Gasteiger partial charge in [-0.25, -0.2) is 4.98 Å². The second-order valence-corrected chi connectivity index (χ2v) is 7.07. The fourth-order valence-corrected chi connectivity index (χ4v) is 3.39. The van der Waals surface area contributed by atoms with E-state index in [1.807, 2.05) is 51.1 Å². The molecule has 0 aliphatic carbocycles. The lowest BCUT2D eigenvalue weighted by Crippen LogP contribution is -2.46. The van der Waals surface area contributed by atoms with E-state index in [0.717, 1.165) is 10.6 Å². The second kappa shape index (κ2) is 8.06. The number of hydrogen-bond donors (Lipinski definition) is 2. The number of carbonyl (C=O) groups excluding carboxylic acids is 2. The highest BCUT2D eigenvalue weighted by Gasteiger charge is 2.24. The molecular weight excluding hydrogens is 322 g/mol. The highest BCUT2D eigenvalue weighted by Crippen LogP contribution is 2.27. The van der Waals surface area contributed by atoms with Crippen LogP contribution < -0.4 is 10.6 Å². The van der Waals surface area contributed by atoms with Crippen LogP contribution in [0.25, 0.3) is 10.6 Å². The summed E-state index contributed by atoms with van der Waals surface area (Å²) in [7, 11) is 1.58. The van der Waals surface area contributed by atoms with Crippen LogP contribution >= 0.6 is 11.3 Å². The SMILES string of the molecule is CNC(=O)[C@H](CC(C)C)NC(=O)c1sc(-c2ccccc2)nc1C. The molecule has 2 aromatic rings. The van der Waals surface area contributed by atoms with Crippen molar-refractivity contribution in [3.05, 3.63) is 40.9 Å². The average Bonchev–Trinajstić information content (AvgIpc) is 2.96. The Hall–Kier alpha value is -2.21. The van der Waals surface area contributed by atoms with Gasteiger partial charge in [0.05, 0.1) is 5.69 Å². The molecule has 5 nitrogen and oxygen atoms in total. The molecule has 0 saturated heterocycles. The van der Waals surface area contributed by atoms with Gasteiger partial charge in [0.15, 0.2) is 0 Å². The van der Waals surface area contributed by atoms with Crippen LogP contribution in [0.2, 0.25) is 0 Å². The van der Waals surface area contributed by atoms with Gasteiger partial charge in [0, 0.05) is 12.6 Å². The van der Waals surface area contributed by atoms with E-state index in [2.05, 4.69) is 15.6 Å². The Balaban J connectivity index is 2.20. The fourth-order valence-electron chi connectivity index (χ4n) is 2.41. The van der Waals surface area contributed by atoms with Crippen LogP contribution in [0.5, 0.6) is 0 Å². The third-order valence-corrected chi connectivity index (χ3v) is 4.80. The molecule has 2 N–H and O–H groups in total. The minimum absolute atomic E-state index is 0.178. The lowest BCUT2D eigenvalue weighted by Gasteiger charge is -2.18. The van der Waals surface area contributed by atoms with E-state index >= 15 is 0 Å². The van der Waals surface area contributed by atoms with Crippen molar-refractivity contribution >= 4 is 23.2 Å². The van der Waals surface area contributed by atoms with E-state index in [9.17, 15) is 9.59 Å². The summed E-state index contributed by atoms with van der Waals surface area (Å²) in [6, 6.07) is 9.21. The van der Waals surface area contributed by atoms with Gasteiger partial charge in [-0.15, -0.1) is 11.3 Å². The smallest absolute Gasteiger partial charge is 0.263 e. The summed E-state index contributed by atoms with van der Waals surface area (Å²) >= 11 is 1.35. The third kappa shape index (κ3) is 4.41. The molecule has 0 aliphatic rings. The molecule has 0 fully saturated rings. The summed E-state index contributed by atoms with van der Waals surface area (Å²) in [6.07, 6.45) is 0.592. The molecule has 128 valence electrons. The lowest BCUT2D eigenvalue weighted by atomic mass is 10.0. The van der Waals surface area contributed by atoms with Crippen molar-refractivity contribution in [3.8, 4) is 10.6 Å². The zero-order valence-corrected chi connectivity index (χ0v) is 15.2. The number of rotatable bonds is 6. The van der Waals surface area contributed by atoms with Crippen LogP contribution in [0.15, 0.2) is 30.3 Å². The van der Waals surface area contributed by atoms with Crippen molar-refractivity contribution in [1.29, 1.82) is 0 Å². The molecule has 0 radical (unpaired) electrons. The first kappa shape index (κ1) is 18.1. The number of likely N-dealkylation sites (N-methyl/N-ethyl adjacent to an activating group) is 1. The molecule has 24 heavy (non-hydrogen) atoms. The summed E-state index contributed by atoms with van der Waals surface area (Å²) in [5, 5.41) is 6.25. The van der Waals surface area contributed by atoms with Gasteiger partial charge >= 0.3 is 0 Å². The summed E-state index contributed by atoms with van der Waals surface area (Å²) in [6.45, 7) is 5.86. The minimum atomic E-state index is -0.538. The Bertz CT molecular complexity index is 710. The Morgan fingerprint density at radius 3 is 2.46 bits per heavy atom. The second-order valence-electron chi connectivity index (χ2n) is 6.07. The first-order valence-corrected chi connectivity index (χ1v) is 8.79. The predicted molar refractivity (Wildman–Crippen MR) is 97.1 cm³/mol. The quantitative estimate of drug-likeness (QED) is 0.845. The van der Waals surface area contributed by atoms with E-state index < -0.39 is 6.04 Å². The van der Waals surface area contributed by atoms with Gasteiger partial charge < -0.3 is 10.6 Å². The Kier molecular flexibility index (Phi) is 6.09. The van der Waals surface area contributed by atoms with E-state index in [-0.39, 0.29) is 11.8 Å². The highest BCUT2D eigenvalue weighted by atomic mass is 32.1. The molecule has 1 aromatic carbocycles. The summed E-state index contributed by atoms with van der Waals surface area (Å²) < 4.78 is 0. The number of hydrogen-bond acceptors (Lipinski definition) is 4. The molecule has 2 rings (SSSR count). The van der Waals surface area contributed by atoms with Crippen LogP contribution in [0.1, 0.15) is 35.6 Å². The van der Waals surface area contributed by atoms with Crippen LogP contribution in [0.4, 0.5) is 0 Å². The summed E-state index contributed by atoms with van der Waals surface area (Å²) in [5.74, 6) is -0.126. The highest BCUT2D eigenvalue weighted by molar-refractivity contribution is 7.17. The van der Waals surface area contributed by atoms with E-state index in [1.165, 1.54) is 11.3 Å². The lowest BCUT2D eigenvalue weighted by molar-refractivity contribution is -0.122. The van der Waals surface area contributed by atoms with Gasteiger partial charge in [0.25, 0.3) is 5.91 Å². The fraction of sp³-hybridized carbons (Fsp3) is 0.389. The van der Waals surface area contributed by atoms with Gasteiger partial charge in [-0.2, -0.15) is 0 Å². The van der Waals surface area contributed by atoms with E-state index in [0.29, 0.717) is 22.9 Å².